The molecule has 0 aliphatic carbocycles. The molecule has 1 fully saturated rings. The van der Waals surface area contributed by atoms with Gasteiger partial charge in [0.25, 0.3) is 0 Å². The van der Waals surface area contributed by atoms with Crippen LogP contribution >= 0.6 is 0 Å². The van der Waals surface area contributed by atoms with Gasteiger partial charge in [0.15, 0.2) is 5.82 Å². The molecule has 29 heavy (non-hydrogen) atoms. The van der Waals surface area contributed by atoms with E-state index in [-0.39, 0.29) is 6.04 Å². The molecule has 0 radical (unpaired) electrons. The summed E-state index contributed by atoms with van der Waals surface area (Å²) in [6.07, 6.45) is 2.68. The summed E-state index contributed by atoms with van der Waals surface area (Å²) < 4.78 is 0. The fourth-order valence-electron chi connectivity index (χ4n) is 4.72. The van der Waals surface area contributed by atoms with Gasteiger partial charge in [0.05, 0.1) is 24.7 Å². The van der Waals surface area contributed by atoms with E-state index in [1.807, 2.05) is 0 Å². The molecule has 2 aromatic carbocycles. The van der Waals surface area contributed by atoms with Gasteiger partial charge in [-0.05, 0) is 24.3 Å². The molecule has 5 rings (SSSR count). The number of piperazine rings is 1. The van der Waals surface area contributed by atoms with Crippen LogP contribution in [0.15, 0.2) is 42.5 Å². The Bertz CT molecular complexity index is 1040. The van der Waals surface area contributed by atoms with Crippen LogP contribution in [0.5, 0.6) is 0 Å². The monoisotopic (exact) mass is 386 g/mol. The highest BCUT2D eigenvalue weighted by Gasteiger charge is 2.27. The lowest BCUT2D eigenvalue weighted by Crippen LogP contribution is -2.51. The van der Waals surface area contributed by atoms with Gasteiger partial charge in [-0.25, -0.2) is 0 Å². The summed E-state index contributed by atoms with van der Waals surface area (Å²) in [4.78, 5) is 4.83. The van der Waals surface area contributed by atoms with E-state index in [1.165, 1.54) is 27.7 Å². The van der Waals surface area contributed by atoms with E-state index >= 15 is 0 Å². The van der Waals surface area contributed by atoms with Crippen molar-refractivity contribution in [2.45, 2.75) is 31.8 Å². The van der Waals surface area contributed by atoms with Crippen molar-refractivity contribution < 1.29 is 0 Å². The molecule has 0 amide bonds. The van der Waals surface area contributed by atoms with Crippen molar-refractivity contribution in [1.29, 1.82) is 5.26 Å². The first-order valence-corrected chi connectivity index (χ1v) is 10.5. The van der Waals surface area contributed by atoms with Gasteiger partial charge in [0, 0.05) is 48.9 Å². The first kappa shape index (κ1) is 18.0. The van der Waals surface area contributed by atoms with Crippen LogP contribution < -0.4 is 15.1 Å². The maximum atomic E-state index is 9.04. The molecule has 3 aromatic rings. The molecule has 3 heterocycles. The molecule has 148 valence electrons. The van der Waals surface area contributed by atoms with Crippen molar-refractivity contribution in [2.75, 3.05) is 36.0 Å². The van der Waals surface area contributed by atoms with Crippen LogP contribution in [-0.4, -0.2) is 42.4 Å². The summed E-state index contributed by atoms with van der Waals surface area (Å²) in [5, 5.41) is 23.1. The van der Waals surface area contributed by atoms with Gasteiger partial charge in [-0.15, -0.1) is 0 Å². The molecule has 6 nitrogen and oxygen atoms in total. The van der Waals surface area contributed by atoms with E-state index in [2.05, 4.69) is 68.7 Å². The smallest absolute Gasteiger partial charge is 0.154 e. The Morgan fingerprint density at radius 3 is 2.93 bits per heavy atom. The lowest BCUT2D eigenvalue weighted by Gasteiger charge is -2.33. The molecule has 2 N–H and O–H groups in total. The predicted molar refractivity (Wildman–Crippen MR) is 116 cm³/mol. The number of hydrogen-bond acceptors (Lipinski definition) is 5. The number of H-pyrrole nitrogens is 1. The largest absolute Gasteiger partial charge is 0.365 e. The number of nitrogens with one attached hydrogen (secondary N) is 2. The van der Waals surface area contributed by atoms with Crippen LogP contribution in [0, 0.1) is 11.3 Å². The first-order chi connectivity index (χ1) is 14.3. The van der Waals surface area contributed by atoms with Crippen LogP contribution in [0.3, 0.4) is 0 Å². The number of rotatable bonds is 3. The molecule has 1 saturated heterocycles. The SMILES string of the molecule is N#CC[C@H]1CN(c2n[nH]c3c2CCCN(c2cccc4ccccc24)C3)CCN1. The van der Waals surface area contributed by atoms with E-state index in [1.54, 1.807) is 0 Å². The fraction of sp³-hybridized carbons (Fsp3) is 0.391. The Labute approximate surface area is 171 Å². The Morgan fingerprint density at radius 2 is 2.00 bits per heavy atom. The summed E-state index contributed by atoms with van der Waals surface area (Å²) in [6, 6.07) is 17.7. The number of anilines is 2. The molecule has 2 aliphatic rings. The molecule has 0 saturated carbocycles. The second kappa shape index (κ2) is 7.76. The second-order valence-electron chi connectivity index (χ2n) is 7.99. The summed E-state index contributed by atoms with van der Waals surface area (Å²) >= 11 is 0. The number of benzene rings is 2. The molecule has 0 spiro atoms. The molecular formula is C23H26N6. The van der Waals surface area contributed by atoms with Crippen LogP contribution in [0.4, 0.5) is 11.5 Å². The summed E-state index contributed by atoms with van der Waals surface area (Å²) in [5.74, 6) is 1.09. The molecule has 1 aromatic heterocycles. The zero-order valence-electron chi connectivity index (χ0n) is 16.6. The van der Waals surface area contributed by atoms with Crippen molar-refractivity contribution in [2.24, 2.45) is 0 Å². The third-order valence-corrected chi connectivity index (χ3v) is 6.13. The standard InChI is InChI=1S/C23H26N6/c24-11-10-18-15-29(14-12-25-18)23-20-8-4-13-28(16-21(20)26-27-23)22-9-3-6-17-5-1-2-7-19(17)22/h1-3,5-7,9,18,25H,4,8,10,12-16H2,(H,26,27)/t18-/m0/s1. The Hall–Kier alpha value is -3.04. The molecule has 6 heteroatoms. The zero-order valence-corrected chi connectivity index (χ0v) is 16.6. The number of fused-ring (bicyclic) bond motifs is 2. The maximum absolute atomic E-state index is 9.04. The van der Waals surface area contributed by atoms with Crippen molar-refractivity contribution in [1.82, 2.24) is 15.5 Å². The lowest BCUT2D eigenvalue weighted by molar-refractivity contribution is 0.460. The molecule has 2 aliphatic heterocycles. The number of nitrogens with zero attached hydrogens (tertiary/aromatic N) is 4. The lowest BCUT2D eigenvalue weighted by atomic mass is 10.1. The third kappa shape index (κ3) is 3.43. The average Bonchev–Trinajstić information content (AvgIpc) is 3.04. The average molecular weight is 387 g/mol. The number of hydrogen-bond donors (Lipinski definition) is 2. The second-order valence-corrected chi connectivity index (χ2v) is 7.99. The van der Waals surface area contributed by atoms with Crippen molar-refractivity contribution >= 4 is 22.3 Å². The van der Waals surface area contributed by atoms with E-state index < -0.39 is 0 Å². The third-order valence-electron chi connectivity index (χ3n) is 6.13. The Balaban J connectivity index is 1.43. The highest BCUT2D eigenvalue weighted by atomic mass is 15.3. The van der Waals surface area contributed by atoms with Gasteiger partial charge in [-0.3, -0.25) is 5.10 Å². The molecular weight excluding hydrogens is 360 g/mol. The van der Waals surface area contributed by atoms with E-state index in [0.717, 1.165) is 51.4 Å². The summed E-state index contributed by atoms with van der Waals surface area (Å²) in [7, 11) is 0. The number of aromatic nitrogens is 2. The topological polar surface area (TPSA) is 71.0 Å². The van der Waals surface area contributed by atoms with Gasteiger partial charge in [0.1, 0.15) is 0 Å². The minimum Gasteiger partial charge on any atom is -0.365 e. The van der Waals surface area contributed by atoms with E-state index in [0.29, 0.717) is 6.42 Å². The normalized spacial score (nSPS) is 19.6. The van der Waals surface area contributed by atoms with E-state index in [9.17, 15) is 0 Å². The zero-order chi connectivity index (χ0) is 19.6. The van der Waals surface area contributed by atoms with Gasteiger partial charge in [-0.2, -0.15) is 10.4 Å². The summed E-state index contributed by atoms with van der Waals surface area (Å²) in [5.41, 5.74) is 3.87. The van der Waals surface area contributed by atoms with Crippen LogP contribution in [-0.2, 0) is 13.0 Å². The van der Waals surface area contributed by atoms with Gasteiger partial charge < -0.3 is 15.1 Å². The molecule has 0 unspecified atom stereocenters. The fourth-order valence-corrected chi connectivity index (χ4v) is 4.72. The maximum Gasteiger partial charge on any atom is 0.154 e. The number of aromatic amines is 1. The van der Waals surface area contributed by atoms with Crippen molar-refractivity contribution in [3.63, 3.8) is 0 Å². The Morgan fingerprint density at radius 1 is 1.10 bits per heavy atom. The highest BCUT2D eigenvalue weighted by molar-refractivity contribution is 5.94. The molecule has 1 atom stereocenters. The van der Waals surface area contributed by atoms with Gasteiger partial charge >= 0.3 is 0 Å². The first-order valence-electron chi connectivity index (χ1n) is 10.5. The van der Waals surface area contributed by atoms with Gasteiger partial charge in [-0.1, -0.05) is 36.4 Å². The van der Waals surface area contributed by atoms with Crippen LogP contribution in [0.1, 0.15) is 24.1 Å². The van der Waals surface area contributed by atoms with Crippen molar-refractivity contribution in [3.05, 3.63) is 53.7 Å². The Kier molecular flexibility index (Phi) is 4.82. The van der Waals surface area contributed by atoms with Crippen molar-refractivity contribution in [3.8, 4) is 6.07 Å². The van der Waals surface area contributed by atoms with E-state index in [4.69, 9.17) is 10.4 Å². The molecule has 0 bridgehead atoms. The quantitative estimate of drug-likeness (QED) is 0.723. The predicted octanol–water partition coefficient (Wildman–Crippen LogP) is 3.21. The minimum atomic E-state index is 0.221. The van der Waals surface area contributed by atoms with Gasteiger partial charge in [0.2, 0.25) is 0 Å². The minimum absolute atomic E-state index is 0.221. The highest BCUT2D eigenvalue weighted by Crippen LogP contribution is 2.32. The van der Waals surface area contributed by atoms with Crippen LogP contribution in [0.25, 0.3) is 10.8 Å². The summed E-state index contributed by atoms with van der Waals surface area (Å²) in [6.45, 7) is 4.57. The van der Waals surface area contributed by atoms with Crippen LogP contribution in [0.2, 0.25) is 0 Å². The number of nitriles is 1.